The molecule has 1 saturated carbocycles. The van der Waals surface area contributed by atoms with Gasteiger partial charge in [0, 0.05) is 22.6 Å². The van der Waals surface area contributed by atoms with Crippen LogP contribution in [-0.4, -0.2) is 21.3 Å². The van der Waals surface area contributed by atoms with Gasteiger partial charge in [-0.1, -0.05) is 55.0 Å². The summed E-state index contributed by atoms with van der Waals surface area (Å²) < 4.78 is 15.2. The smallest absolute Gasteiger partial charge is 0.328 e. The molecule has 35 heavy (non-hydrogen) atoms. The van der Waals surface area contributed by atoms with Crippen LogP contribution in [0.2, 0.25) is 0 Å². The molecule has 1 aliphatic carbocycles. The van der Waals surface area contributed by atoms with E-state index in [9.17, 15) is 10.1 Å². The number of carboxylic acid groups (broad SMARTS) is 1. The number of allylic oxidation sites excluding steroid dienone is 1. The molecule has 0 spiro atoms. The van der Waals surface area contributed by atoms with Crippen LogP contribution in [0, 0.1) is 23.1 Å². The normalized spacial score (nSPS) is 14.5. The Morgan fingerprint density at radius 3 is 2.51 bits per heavy atom. The van der Waals surface area contributed by atoms with Crippen LogP contribution in [0.25, 0.3) is 28.1 Å². The van der Waals surface area contributed by atoms with Crippen molar-refractivity contribution in [2.24, 2.45) is 5.92 Å². The van der Waals surface area contributed by atoms with E-state index in [-0.39, 0.29) is 11.7 Å². The molecule has 0 unspecified atom stereocenters. The van der Waals surface area contributed by atoms with Crippen LogP contribution in [0.15, 0.2) is 72.9 Å². The van der Waals surface area contributed by atoms with Gasteiger partial charge in [-0.3, -0.25) is 5.10 Å². The Balaban J connectivity index is 1.81. The van der Waals surface area contributed by atoms with Crippen molar-refractivity contribution in [3.05, 3.63) is 107 Å². The Bertz CT molecular complexity index is 1520. The first kappa shape index (κ1) is 22.3. The highest BCUT2D eigenvalue weighted by molar-refractivity contribution is 6.04. The highest BCUT2D eigenvalue weighted by Crippen LogP contribution is 2.46. The maximum absolute atomic E-state index is 15.2. The summed E-state index contributed by atoms with van der Waals surface area (Å²) in [6.45, 7) is 0. The monoisotopic (exact) mass is 463 g/mol. The van der Waals surface area contributed by atoms with Crippen molar-refractivity contribution in [3.63, 3.8) is 0 Å². The number of hydrogen-bond donors (Lipinski definition) is 2. The standard InChI is InChI=1S/C29H22FN3O2/c30-25-7-2-1-6-22(25)29(19-4-3-5-19)28(20-11-8-18(9-12-20)10-15-27(34)35)21-13-14-26-24(17-32-33-26)23(21)16-31/h1-2,6-15,17,19H,3-5H2,(H,32,33)(H,34,35). The van der Waals surface area contributed by atoms with Gasteiger partial charge in [-0.15, -0.1) is 0 Å². The number of aromatic nitrogens is 2. The van der Waals surface area contributed by atoms with Gasteiger partial charge in [0.2, 0.25) is 0 Å². The van der Waals surface area contributed by atoms with Crippen molar-refractivity contribution < 1.29 is 14.3 Å². The highest BCUT2D eigenvalue weighted by Gasteiger charge is 2.30. The number of aromatic amines is 1. The van der Waals surface area contributed by atoms with Crippen molar-refractivity contribution in [2.45, 2.75) is 19.3 Å². The molecule has 1 aliphatic rings. The fourth-order valence-corrected chi connectivity index (χ4v) is 4.67. The zero-order chi connectivity index (χ0) is 24.4. The van der Waals surface area contributed by atoms with Gasteiger partial charge in [-0.05, 0) is 59.2 Å². The zero-order valence-electron chi connectivity index (χ0n) is 18.8. The van der Waals surface area contributed by atoms with E-state index in [1.165, 1.54) is 12.1 Å². The van der Waals surface area contributed by atoms with E-state index >= 15 is 4.39 Å². The number of nitrogens with one attached hydrogen (secondary N) is 1. The van der Waals surface area contributed by atoms with Crippen LogP contribution in [0.5, 0.6) is 0 Å². The molecule has 1 aromatic heterocycles. The number of carbonyl (C=O) groups is 1. The molecule has 6 heteroatoms. The second kappa shape index (κ2) is 9.40. The number of hydrogen-bond acceptors (Lipinski definition) is 3. The van der Waals surface area contributed by atoms with Crippen LogP contribution in [0.4, 0.5) is 4.39 Å². The molecule has 0 aliphatic heterocycles. The Morgan fingerprint density at radius 2 is 1.86 bits per heavy atom. The van der Waals surface area contributed by atoms with Gasteiger partial charge in [0.1, 0.15) is 11.9 Å². The van der Waals surface area contributed by atoms with Crippen molar-refractivity contribution in [1.82, 2.24) is 10.2 Å². The molecule has 0 bridgehead atoms. The fourth-order valence-electron chi connectivity index (χ4n) is 4.67. The maximum atomic E-state index is 15.2. The number of nitriles is 1. The molecule has 4 aromatic rings. The number of H-pyrrole nitrogens is 1. The maximum Gasteiger partial charge on any atom is 0.328 e. The second-order valence-corrected chi connectivity index (χ2v) is 8.62. The minimum Gasteiger partial charge on any atom is -0.478 e. The third-order valence-electron chi connectivity index (χ3n) is 6.57. The predicted octanol–water partition coefficient (Wildman–Crippen LogP) is 6.43. The third-order valence-corrected chi connectivity index (χ3v) is 6.57. The van der Waals surface area contributed by atoms with Crippen LogP contribution in [0.1, 0.15) is 47.1 Å². The number of rotatable bonds is 6. The summed E-state index contributed by atoms with van der Waals surface area (Å²) in [5.74, 6) is -1.15. The van der Waals surface area contributed by atoms with Crippen molar-refractivity contribution in [2.75, 3.05) is 0 Å². The molecule has 172 valence electrons. The molecule has 0 atom stereocenters. The summed E-state index contributed by atoms with van der Waals surface area (Å²) in [4.78, 5) is 10.9. The van der Waals surface area contributed by atoms with Crippen LogP contribution in [-0.2, 0) is 4.79 Å². The van der Waals surface area contributed by atoms with E-state index < -0.39 is 5.97 Å². The van der Waals surface area contributed by atoms with Crippen molar-refractivity contribution in [1.29, 1.82) is 5.26 Å². The fraction of sp³-hybridized carbons (Fsp3) is 0.138. The van der Waals surface area contributed by atoms with E-state index in [4.69, 9.17) is 5.11 Å². The molecule has 0 radical (unpaired) electrons. The van der Waals surface area contributed by atoms with Gasteiger partial charge in [-0.2, -0.15) is 10.4 Å². The number of carboxylic acids is 1. The lowest BCUT2D eigenvalue weighted by Crippen LogP contribution is -2.16. The lowest BCUT2D eigenvalue weighted by molar-refractivity contribution is -0.131. The van der Waals surface area contributed by atoms with Crippen molar-refractivity contribution >= 4 is 34.1 Å². The van der Waals surface area contributed by atoms with E-state index in [2.05, 4.69) is 16.3 Å². The SMILES string of the molecule is N#Cc1c(C(=C(c2ccccc2F)C2CCC2)c2ccc(C=CC(=O)O)cc2)ccc2[nH]ncc12. The van der Waals surface area contributed by atoms with Gasteiger partial charge in [0.05, 0.1) is 17.3 Å². The van der Waals surface area contributed by atoms with Gasteiger partial charge >= 0.3 is 5.97 Å². The largest absolute Gasteiger partial charge is 0.478 e. The molecule has 3 aromatic carbocycles. The average Bonchev–Trinajstić information content (AvgIpc) is 3.31. The van der Waals surface area contributed by atoms with E-state index in [0.717, 1.165) is 58.7 Å². The van der Waals surface area contributed by atoms with Gasteiger partial charge in [0.25, 0.3) is 0 Å². The number of nitrogens with zero attached hydrogens (tertiary/aromatic N) is 2. The summed E-state index contributed by atoms with van der Waals surface area (Å²) >= 11 is 0. The molecule has 5 rings (SSSR count). The third kappa shape index (κ3) is 4.24. The Kier molecular flexibility index (Phi) is 5.99. The second-order valence-electron chi connectivity index (χ2n) is 8.62. The van der Waals surface area contributed by atoms with Crippen LogP contribution in [0.3, 0.4) is 0 Å². The molecule has 1 fully saturated rings. The molecule has 2 N–H and O–H groups in total. The zero-order valence-corrected chi connectivity index (χ0v) is 18.8. The van der Waals surface area contributed by atoms with E-state index in [1.54, 1.807) is 18.3 Å². The Labute approximate surface area is 201 Å². The average molecular weight is 464 g/mol. The minimum absolute atomic E-state index is 0.167. The van der Waals surface area contributed by atoms with Crippen LogP contribution >= 0.6 is 0 Å². The summed E-state index contributed by atoms with van der Waals surface area (Å²) in [7, 11) is 0. The predicted molar refractivity (Wildman–Crippen MR) is 134 cm³/mol. The molecule has 5 nitrogen and oxygen atoms in total. The van der Waals surface area contributed by atoms with E-state index in [1.807, 2.05) is 42.5 Å². The number of halogens is 1. The number of aliphatic carboxylic acids is 1. The summed E-state index contributed by atoms with van der Waals surface area (Å²) in [5, 5.41) is 26.8. The Morgan fingerprint density at radius 1 is 1.09 bits per heavy atom. The first-order chi connectivity index (χ1) is 17.1. The lowest BCUT2D eigenvalue weighted by atomic mass is 9.72. The topological polar surface area (TPSA) is 89.8 Å². The van der Waals surface area contributed by atoms with Gasteiger partial charge < -0.3 is 5.11 Å². The minimum atomic E-state index is -1.02. The summed E-state index contributed by atoms with van der Waals surface area (Å²) in [6, 6.07) is 20.4. The molecule has 1 heterocycles. The Hall–Kier alpha value is -4.50. The van der Waals surface area contributed by atoms with Gasteiger partial charge in [0.15, 0.2) is 0 Å². The molecular weight excluding hydrogens is 441 g/mol. The quantitative estimate of drug-likeness (QED) is 0.255. The summed E-state index contributed by atoms with van der Waals surface area (Å²) in [5.41, 5.74) is 5.78. The number of benzene rings is 3. The van der Waals surface area contributed by atoms with Gasteiger partial charge in [-0.25, -0.2) is 9.18 Å². The van der Waals surface area contributed by atoms with Crippen molar-refractivity contribution in [3.8, 4) is 6.07 Å². The molecule has 0 amide bonds. The molecule has 0 saturated heterocycles. The number of fused-ring (bicyclic) bond motifs is 1. The molecular formula is C29H22FN3O2. The lowest BCUT2D eigenvalue weighted by Gasteiger charge is -2.32. The van der Waals surface area contributed by atoms with E-state index in [0.29, 0.717) is 16.5 Å². The summed E-state index contributed by atoms with van der Waals surface area (Å²) in [6.07, 6.45) is 7.22. The van der Waals surface area contributed by atoms with Crippen LogP contribution < -0.4 is 0 Å². The first-order valence-corrected chi connectivity index (χ1v) is 11.4. The first-order valence-electron chi connectivity index (χ1n) is 11.4. The highest BCUT2D eigenvalue weighted by atomic mass is 19.1.